The lowest BCUT2D eigenvalue weighted by molar-refractivity contribution is 0.0693. The summed E-state index contributed by atoms with van der Waals surface area (Å²) in [6.45, 7) is 0. The van der Waals surface area contributed by atoms with Crippen LogP contribution in [-0.4, -0.2) is 38.5 Å². The van der Waals surface area contributed by atoms with Gasteiger partial charge < -0.3 is 0 Å². The molecule has 3 heterocycles. The van der Waals surface area contributed by atoms with Crippen molar-refractivity contribution in [3.8, 4) is 16.9 Å². The van der Waals surface area contributed by atoms with Crippen LogP contribution in [-0.2, 0) is 0 Å². The van der Waals surface area contributed by atoms with E-state index in [0.717, 1.165) is 4.90 Å². The van der Waals surface area contributed by atoms with E-state index in [1.807, 2.05) is 0 Å². The average Bonchev–Trinajstić information content (AvgIpc) is 3.20. The summed E-state index contributed by atoms with van der Waals surface area (Å²) in [5.74, 6) is -1.80. The zero-order valence-corrected chi connectivity index (χ0v) is 15.1. The quantitative estimate of drug-likeness (QED) is 0.491. The van der Waals surface area contributed by atoms with Crippen molar-refractivity contribution in [3.63, 3.8) is 0 Å². The van der Waals surface area contributed by atoms with Crippen LogP contribution in [0.5, 0.6) is 0 Å². The first-order valence-corrected chi connectivity index (χ1v) is 8.71. The van der Waals surface area contributed by atoms with E-state index in [2.05, 4.69) is 10.1 Å². The molecule has 5 rings (SSSR count). The molecule has 0 spiro atoms. The Morgan fingerprint density at radius 1 is 0.931 bits per heavy atom. The number of benzene rings is 2. The number of nitrogens with zero attached hydrogens (tertiary/aromatic N) is 4. The number of fused-ring (bicyclic) bond motifs is 3. The predicted octanol–water partition coefficient (Wildman–Crippen LogP) is 3.59. The molecular weight excluding hydrogens is 378 g/mol. The van der Waals surface area contributed by atoms with Crippen molar-refractivity contribution in [3.05, 3.63) is 77.5 Å². The molecule has 1 aliphatic heterocycles. The van der Waals surface area contributed by atoms with E-state index < -0.39 is 23.4 Å². The Labute approximate surface area is 163 Å². The number of hydrogen-bond donors (Lipinski definition) is 0. The monoisotopic (exact) mass is 390 g/mol. The summed E-state index contributed by atoms with van der Waals surface area (Å²) in [4.78, 5) is 30.5. The fourth-order valence-corrected chi connectivity index (χ4v) is 3.51. The molecule has 2 aromatic carbocycles. The van der Waals surface area contributed by atoms with Crippen molar-refractivity contribution in [1.82, 2.24) is 19.7 Å². The van der Waals surface area contributed by atoms with Gasteiger partial charge in [0.1, 0.15) is 17.3 Å². The highest BCUT2D eigenvalue weighted by Gasteiger charge is 2.37. The molecule has 2 aromatic heterocycles. The molecule has 29 heavy (non-hydrogen) atoms. The molecule has 4 aromatic rings. The van der Waals surface area contributed by atoms with Crippen molar-refractivity contribution in [1.29, 1.82) is 0 Å². The number of hydrogen-bond acceptors (Lipinski definition) is 4. The van der Waals surface area contributed by atoms with Gasteiger partial charge >= 0.3 is 0 Å². The molecule has 8 heteroatoms. The van der Waals surface area contributed by atoms with Crippen molar-refractivity contribution in [2.75, 3.05) is 7.05 Å². The minimum atomic E-state index is -0.473. The molecular formula is C21H12F2N4O2. The topological polar surface area (TPSA) is 68.1 Å². The van der Waals surface area contributed by atoms with E-state index in [0.29, 0.717) is 28.0 Å². The van der Waals surface area contributed by atoms with Crippen LogP contribution < -0.4 is 0 Å². The number of pyridine rings is 1. The maximum Gasteiger partial charge on any atom is 0.262 e. The molecule has 1 aliphatic rings. The first-order valence-electron chi connectivity index (χ1n) is 8.71. The minimum absolute atomic E-state index is 0.173. The normalized spacial score (nSPS) is 13.4. The van der Waals surface area contributed by atoms with Crippen molar-refractivity contribution in [2.45, 2.75) is 0 Å². The highest BCUT2D eigenvalue weighted by molar-refractivity contribution is 6.27. The first kappa shape index (κ1) is 17.2. The molecule has 0 radical (unpaired) electrons. The summed E-state index contributed by atoms with van der Waals surface area (Å²) < 4.78 is 28.6. The van der Waals surface area contributed by atoms with Gasteiger partial charge in [0, 0.05) is 18.8 Å². The van der Waals surface area contributed by atoms with Gasteiger partial charge in [-0.2, -0.15) is 5.10 Å². The van der Waals surface area contributed by atoms with Gasteiger partial charge in [-0.05, 0) is 42.5 Å². The van der Waals surface area contributed by atoms with Crippen molar-refractivity contribution in [2.24, 2.45) is 0 Å². The van der Waals surface area contributed by atoms with E-state index in [4.69, 9.17) is 0 Å². The van der Waals surface area contributed by atoms with Crippen LogP contribution in [0.3, 0.4) is 0 Å². The fourth-order valence-electron chi connectivity index (χ4n) is 3.51. The van der Waals surface area contributed by atoms with Crippen LogP contribution in [0.25, 0.3) is 28.0 Å². The van der Waals surface area contributed by atoms with E-state index in [9.17, 15) is 18.4 Å². The predicted molar refractivity (Wildman–Crippen MR) is 101 cm³/mol. The molecule has 0 bridgehead atoms. The second kappa shape index (κ2) is 6.03. The average molecular weight is 390 g/mol. The van der Waals surface area contributed by atoms with Gasteiger partial charge in [-0.25, -0.2) is 18.4 Å². The fraction of sp³-hybridized carbons (Fsp3) is 0.0476. The highest BCUT2D eigenvalue weighted by atomic mass is 19.1. The van der Waals surface area contributed by atoms with Crippen LogP contribution in [0.15, 0.2) is 54.7 Å². The number of aromatic nitrogens is 3. The van der Waals surface area contributed by atoms with Gasteiger partial charge in [-0.1, -0.05) is 6.07 Å². The molecule has 0 fully saturated rings. The third-order valence-electron chi connectivity index (χ3n) is 4.92. The Morgan fingerprint density at radius 2 is 1.69 bits per heavy atom. The molecule has 0 N–H and O–H groups in total. The van der Waals surface area contributed by atoms with Crippen molar-refractivity contribution >= 4 is 22.8 Å². The SMILES string of the molecule is CN1C(=O)c2cnc3c(c(-c4ccc(F)cc4)nn3-c3cccc(F)c3)c2C1=O. The number of carbonyl (C=O) groups is 2. The standard InChI is InChI=1S/C21H12F2N4O2/c1-26-20(28)15-10-24-19-17(16(15)21(26)29)18(11-5-7-12(22)8-6-11)25-27(19)14-4-2-3-13(23)9-14/h2-10H,1H3. The Kier molecular flexibility index (Phi) is 3.57. The Morgan fingerprint density at radius 3 is 2.41 bits per heavy atom. The maximum absolute atomic E-state index is 13.8. The summed E-state index contributed by atoms with van der Waals surface area (Å²) in [5.41, 5.74) is 1.95. The van der Waals surface area contributed by atoms with Crippen LogP contribution >= 0.6 is 0 Å². The lowest BCUT2D eigenvalue weighted by Crippen LogP contribution is -2.24. The molecule has 6 nitrogen and oxygen atoms in total. The van der Waals surface area contributed by atoms with Gasteiger partial charge in [0.2, 0.25) is 0 Å². The van der Waals surface area contributed by atoms with E-state index in [1.165, 1.54) is 60.4 Å². The van der Waals surface area contributed by atoms with E-state index in [-0.39, 0.29) is 11.1 Å². The number of amides is 2. The van der Waals surface area contributed by atoms with Crippen molar-refractivity contribution < 1.29 is 18.4 Å². The van der Waals surface area contributed by atoms with Gasteiger partial charge in [0.15, 0.2) is 5.65 Å². The van der Waals surface area contributed by atoms with Gasteiger partial charge in [-0.3, -0.25) is 14.5 Å². The molecule has 2 amide bonds. The lowest BCUT2D eigenvalue weighted by atomic mass is 10.0. The second-order valence-corrected chi connectivity index (χ2v) is 6.66. The molecule has 0 saturated heterocycles. The molecule has 0 unspecified atom stereocenters. The van der Waals surface area contributed by atoms with Crippen LogP contribution in [0.1, 0.15) is 20.7 Å². The molecule has 0 aliphatic carbocycles. The van der Waals surface area contributed by atoms with Gasteiger partial charge in [0.25, 0.3) is 11.8 Å². The molecule has 142 valence electrons. The van der Waals surface area contributed by atoms with Crippen LogP contribution in [0.2, 0.25) is 0 Å². The van der Waals surface area contributed by atoms with Crippen LogP contribution in [0.4, 0.5) is 8.78 Å². The zero-order valence-electron chi connectivity index (χ0n) is 15.1. The molecule has 0 atom stereocenters. The van der Waals surface area contributed by atoms with Crippen LogP contribution in [0, 0.1) is 11.6 Å². The number of rotatable bonds is 2. The van der Waals surface area contributed by atoms with E-state index in [1.54, 1.807) is 6.07 Å². The number of imide groups is 1. The summed E-state index contributed by atoms with van der Waals surface area (Å²) in [7, 11) is 1.39. The van der Waals surface area contributed by atoms with Gasteiger partial charge in [-0.15, -0.1) is 0 Å². The van der Waals surface area contributed by atoms with Gasteiger partial charge in [0.05, 0.1) is 22.2 Å². The molecule has 0 saturated carbocycles. The smallest absolute Gasteiger partial charge is 0.262 e. The summed E-state index contributed by atoms with van der Waals surface area (Å²) in [6, 6.07) is 11.4. The zero-order chi connectivity index (χ0) is 20.3. The third kappa shape index (κ3) is 2.46. The first-order chi connectivity index (χ1) is 14.0. The number of halogens is 2. The third-order valence-corrected chi connectivity index (χ3v) is 4.92. The Bertz CT molecular complexity index is 1330. The second-order valence-electron chi connectivity index (χ2n) is 6.66. The Balaban J connectivity index is 1.89. The number of carbonyl (C=O) groups excluding carboxylic acids is 2. The summed E-state index contributed by atoms with van der Waals surface area (Å²) >= 11 is 0. The van der Waals surface area contributed by atoms with E-state index >= 15 is 0 Å². The maximum atomic E-state index is 13.8. The summed E-state index contributed by atoms with van der Waals surface area (Å²) in [5, 5.41) is 4.91. The minimum Gasteiger partial charge on any atom is -0.277 e. The largest absolute Gasteiger partial charge is 0.277 e. The lowest BCUT2D eigenvalue weighted by Gasteiger charge is -2.04. The Hall–Kier alpha value is -3.94. The summed E-state index contributed by atoms with van der Waals surface area (Å²) in [6.07, 6.45) is 1.33. The highest BCUT2D eigenvalue weighted by Crippen LogP contribution is 2.36.